The number of carbonyl (C=O) groups is 2. The van der Waals surface area contributed by atoms with Gasteiger partial charge in [0.05, 0.1) is 18.8 Å². The van der Waals surface area contributed by atoms with Crippen molar-refractivity contribution in [3.63, 3.8) is 0 Å². The van der Waals surface area contributed by atoms with Crippen LogP contribution in [0, 0.1) is 12.8 Å². The molecule has 6 heteroatoms. The fourth-order valence-electron chi connectivity index (χ4n) is 3.84. The summed E-state index contributed by atoms with van der Waals surface area (Å²) in [6.45, 7) is 9.97. The molecular weight excluding hydrogens is 320 g/mol. The molecule has 0 bridgehead atoms. The Morgan fingerprint density at radius 2 is 1.96 bits per heavy atom. The smallest absolute Gasteiger partial charge is 0.287 e. The Balaban J connectivity index is 1.68. The van der Waals surface area contributed by atoms with Crippen molar-refractivity contribution in [2.45, 2.75) is 46.1 Å². The molecule has 1 aliphatic carbocycles. The predicted octanol–water partition coefficient (Wildman–Crippen LogP) is 2.19. The molecule has 1 fully saturated rings. The first-order chi connectivity index (χ1) is 12.0. The van der Waals surface area contributed by atoms with Gasteiger partial charge in [-0.1, -0.05) is 13.8 Å². The molecule has 138 valence electrons. The van der Waals surface area contributed by atoms with E-state index in [1.54, 1.807) is 0 Å². The number of amides is 1. The van der Waals surface area contributed by atoms with Gasteiger partial charge < -0.3 is 14.5 Å². The van der Waals surface area contributed by atoms with E-state index in [1.165, 1.54) is 0 Å². The van der Waals surface area contributed by atoms with E-state index < -0.39 is 0 Å². The van der Waals surface area contributed by atoms with Crippen molar-refractivity contribution in [3.8, 4) is 0 Å². The number of aryl methyl sites for hydroxylation is 1. The summed E-state index contributed by atoms with van der Waals surface area (Å²) in [7, 11) is 0. The highest BCUT2D eigenvalue weighted by atomic mass is 16.5. The third-order valence-electron chi connectivity index (χ3n) is 5.27. The van der Waals surface area contributed by atoms with Crippen molar-refractivity contribution >= 4 is 11.7 Å². The predicted molar refractivity (Wildman–Crippen MR) is 94.1 cm³/mol. The SMILES string of the molecule is Cc1c(C(=O)NCC(C(C)C)N2CCOCC2)oc2c1C(=O)CCC2. The van der Waals surface area contributed by atoms with E-state index in [0.29, 0.717) is 41.5 Å². The first-order valence-electron chi connectivity index (χ1n) is 9.24. The molecule has 1 N–H and O–H groups in total. The normalized spacial score (nSPS) is 19.8. The highest BCUT2D eigenvalue weighted by molar-refractivity contribution is 6.03. The van der Waals surface area contributed by atoms with E-state index in [1.807, 2.05) is 6.92 Å². The van der Waals surface area contributed by atoms with Crippen LogP contribution >= 0.6 is 0 Å². The van der Waals surface area contributed by atoms with E-state index in [-0.39, 0.29) is 17.7 Å². The van der Waals surface area contributed by atoms with E-state index in [9.17, 15) is 9.59 Å². The van der Waals surface area contributed by atoms with Crippen LogP contribution in [0.5, 0.6) is 0 Å². The van der Waals surface area contributed by atoms with Gasteiger partial charge in [-0.15, -0.1) is 0 Å². The summed E-state index contributed by atoms with van der Waals surface area (Å²) in [5.74, 6) is 1.26. The molecule has 3 rings (SSSR count). The maximum Gasteiger partial charge on any atom is 0.287 e. The highest BCUT2D eigenvalue weighted by Crippen LogP contribution is 2.29. The molecule has 0 spiro atoms. The molecule has 6 nitrogen and oxygen atoms in total. The van der Waals surface area contributed by atoms with Gasteiger partial charge in [-0.25, -0.2) is 0 Å². The summed E-state index contributed by atoms with van der Waals surface area (Å²) in [4.78, 5) is 27.1. The van der Waals surface area contributed by atoms with Gasteiger partial charge in [0.15, 0.2) is 11.5 Å². The van der Waals surface area contributed by atoms with Crippen molar-refractivity contribution in [1.82, 2.24) is 10.2 Å². The van der Waals surface area contributed by atoms with Crippen molar-refractivity contribution < 1.29 is 18.7 Å². The van der Waals surface area contributed by atoms with Crippen LogP contribution in [0.1, 0.15) is 58.9 Å². The summed E-state index contributed by atoms with van der Waals surface area (Å²) in [6, 6.07) is 0.263. The molecule has 2 heterocycles. The number of nitrogens with one attached hydrogen (secondary N) is 1. The molecule has 1 unspecified atom stereocenters. The number of nitrogens with zero attached hydrogens (tertiary/aromatic N) is 1. The van der Waals surface area contributed by atoms with E-state index in [0.717, 1.165) is 39.1 Å². The van der Waals surface area contributed by atoms with Crippen molar-refractivity contribution in [1.29, 1.82) is 0 Å². The van der Waals surface area contributed by atoms with Crippen LogP contribution in [0.4, 0.5) is 0 Å². The molecule has 0 radical (unpaired) electrons. The number of carbonyl (C=O) groups excluding carboxylic acids is 2. The van der Waals surface area contributed by atoms with Gasteiger partial charge in [-0.05, 0) is 19.3 Å². The Kier molecular flexibility index (Phi) is 5.59. The average Bonchev–Trinajstić information content (AvgIpc) is 2.94. The molecule has 1 atom stereocenters. The average molecular weight is 348 g/mol. The number of fused-ring (bicyclic) bond motifs is 1. The zero-order valence-electron chi connectivity index (χ0n) is 15.4. The van der Waals surface area contributed by atoms with Gasteiger partial charge in [0.25, 0.3) is 5.91 Å². The summed E-state index contributed by atoms with van der Waals surface area (Å²) >= 11 is 0. The number of ketones is 1. The number of furan rings is 1. The topological polar surface area (TPSA) is 71.8 Å². The molecule has 0 saturated carbocycles. The van der Waals surface area contributed by atoms with Gasteiger partial charge >= 0.3 is 0 Å². The molecule has 0 aromatic carbocycles. The molecule has 25 heavy (non-hydrogen) atoms. The molecule has 2 aliphatic rings. The lowest BCUT2D eigenvalue weighted by Crippen LogP contribution is -2.51. The van der Waals surface area contributed by atoms with E-state index >= 15 is 0 Å². The van der Waals surface area contributed by atoms with Gasteiger partial charge in [-0.3, -0.25) is 14.5 Å². The first-order valence-corrected chi connectivity index (χ1v) is 9.24. The number of rotatable bonds is 5. The Labute approximate surface area is 148 Å². The van der Waals surface area contributed by atoms with Crippen LogP contribution in [0.3, 0.4) is 0 Å². The lowest BCUT2D eigenvalue weighted by molar-refractivity contribution is 0.00665. The van der Waals surface area contributed by atoms with Gasteiger partial charge in [-0.2, -0.15) is 0 Å². The number of Topliss-reactive ketones (excluding diaryl/α,β-unsaturated/α-hetero) is 1. The second-order valence-corrected chi connectivity index (χ2v) is 7.30. The molecule has 1 aliphatic heterocycles. The molecule has 1 amide bonds. The molecule has 1 aromatic rings. The molecule has 1 aromatic heterocycles. The molecule has 1 saturated heterocycles. The highest BCUT2D eigenvalue weighted by Gasteiger charge is 2.30. The van der Waals surface area contributed by atoms with Crippen molar-refractivity contribution in [2.24, 2.45) is 5.92 Å². The number of hydrogen-bond donors (Lipinski definition) is 1. The Bertz CT molecular complexity index is 644. The van der Waals surface area contributed by atoms with Gasteiger partial charge in [0, 0.05) is 44.1 Å². The third kappa shape index (κ3) is 3.80. The first kappa shape index (κ1) is 18.1. The maximum absolute atomic E-state index is 12.6. The standard InChI is InChI=1S/C19H28N2O4/c1-12(2)14(21-7-9-24-10-8-21)11-20-19(23)18-13(3)17-15(22)5-4-6-16(17)25-18/h12,14H,4-11H2,1-3H3,(H,20,23). The quantitative estimate of drug-likeness (QED) is 0.883. The zero-order chi connectivity index (χ0) is 18.0. The van der Waals surface area contributed by atoms with Crippen LogP contribution in [0.2, 0.25) is 0 Å². The van der Waals surface area contributed by atoms with Crippen molar-refractivity contribution in [3.05, 3.63) is 22.6 Å². The van der Waals surface area contributed by atoms with Crippen LogP contribution in [-0.2, 0) is 11.2 Å². The zero-order valence-corrected chi connectivity index (χ0v) is 15.4. The Hall–Kier alpha value is -1.66. The van der Waals surface area contributed by atoms with Crippen molar-refractivity contribution in [2.75, 3.05) is 32.8 Å². The summed E-state index contributed by atoms with van der Waals surface area (Å²) in [6.07, 6.45) is 2.07. The van der Waals surface area contributed by atoms with Crippen LogP contribution in [-0.4, -0.2) is 55.5 Å². The second kappa shape index (κ2) is 7.70. The van der Waals surface area contributed by atoms with Gasteiger partial charge in [0.1, 0.15) is 5.76 Å². The van der Waals surface area contributed by atoms with E-state index in [4.69, 9.17) is 9.15 Å². The Morgan fingerprint density at radius 3 is 2.60 bits per heavy atom. The monoisotopic (exact) mass is 348 g/mol. The minimum atomic E-state index is -0.224. The number of hydrogen-bond acceptors (Lipinski definition) is 5. The maximum atomic E-state index is 12.6. The third-order valence-corrected chi connectivity index (χ3v) is 5.27. The summed E-state index contributed by atoms with van der Waals surface area (Å²) in [5, 5.41) is 3.02. The largest absolute Gasteiger partial charge is 0.455 e. The fourth-order valence-corrected chi connectivity index (χ4v) is 3.84. The van der Waals surface area contributed by atoms with E-state index in [2.05, 4.69) is 24.1 Å². The lowest BCUT2D eigenvalue weighted by atomic mass is 9.94. The number of ether oxygens (including phenoxy) is 1. The van der Waals surface area contributed by atoms with Crippen LogP contribution < -0.4 is 5.32 Å². The fraction of sp³-hybridized carbons (Fsp3) is 0.684. The summed E-state index contributed by atoms with van der Waals surface area (Å²) in [5.41, 5.74) is 1.31. The minimum Gasteiger partial charge on any atom is -0.455 e. The Morgan fingerprint density at radius 1 is 1.24 bits per heavy atom. The second-order valence-electron chi connectivity index (χ2n) is 7.30. The van der Waals surface area contributed by atoms with Crippen LogP contribution in [0.25, 0.3) is 0 Å². The van der Waals surface area contributed by atoms with Gasteiger partial charge in [0.2, 0.25) is 0 Å². The minimum absolute atomic E-state index is 0.0925. The number of morpholine rings is 1. The molecular formula is C19H28N2O4. The lowest BCUT2D eigenvalue weighted by Gasteiger charge is -2.36. The summed E-state index contributed by atoms with van der Waals surface area (Å²) < 4.78 is 11.2. The van der Waals surface area contributed by atoms with Crippen LogP contribution in [0.15, 0.2) is 4.42 Å².